The maximum absolute atomic E-state index is 13.0. The third kappa shape index (κ3) is 5.14. The Labute approximate surface area is 172 Å². The molecule has 3 heterocycles. The maximum atomic E-state index is 13.0. The number of pyridine rings is 1. The van der Waals surface area contributed by atoms with Gasteiger partial charge in [-0.15, -0.1) is 0 Å². The number of carbonyl (C=O) groups excluding carboxylic acids is 1. The molecule has 0 unspecified atom stereocenters. The van der Waals surface area contributed by atoms with Gasteiger partial charge in [-0.3, -0.25) is 19.6 Å². The summed E-state index contributed by atoms with van der Waals surface area (Å²) in [6.07, 6.45) is 5.57. The van der Waals surface area contributed by atoms with Gasteiger partial charge in [-0.25, -0.2) is 0 Å². The first kappa shape index (κ1) is 19.9. The van der Waals surface area contributed by atoms with Crippen LogP contribution in [-0.2, 0) is 17.9 Å². The average Bonchev–Trinajstić information content (AvgIpc) is 2.77. The van der Waals surface area contributed by atoms with E-state index in [1.54, 1.807) is 6.07 Å². The summed E-state index contributed by atoms with van der Waals surface area (Å²) in [5.41, 5.74) is 2.24. The molecule has 2 aliphatic rings. The minimum atomic E-state index is 0.161. The number of piperidine rings is 1. The van der Waals surface area contributed by atoms with Gasteiger partial charge in [0.15, 0.2) is 0 Å². The molecule has 2 saturated heterocycles. The molecule has 2 aliphatic heterocycles. The molecule has 2 aromatic rings. The molecule has 0 spiro atoms. The van der Waals surface area contributed by atoms with Crippen LogP contribution in [-0.4, -0.2) is 70.0 Å². The number of phenols is 1. The molecule has 154 valence electrons. The number of benzene rings is 1. The number of aromatic hydroxyl groups is 1. The topological polar surface area (TPSA) is 59.9 Å². The van der Waals surface area contributed by atoms with Crippen molar-refractivity contribution in [3.8, 4) is 5.75 Å². The fourth-order valence-electron chi connectivity index (χ4n) is 4.35. The Morgan fingerprint density at radius 1 is 0.897 bits per heavy atom. The zero-order valence-corrected chi connectivity index (χ0v) is 16.9. The molecule has 4 rings (SSSR count). The lowest BCUT2D eigenvalue weighted by molar-refractivity contribution is -0.139. The van der Waals surface area contributed by atoms with Gasteiger partial charge in [-0.1, -0.05) is 18.2 Å². The Morgan fingerprint density at radius 3 is 2.24 bits per heavy atom. The van der Waals surface area contributed by atoms with Crippen LogP contribution in [0.1, 0.15) is 24.0 Å². The van der Waals surface area contributed by atoms with E-state index in [1.165, 1.54) is 5.56 Å². The van der Waals surface area contributed by atoms with Crippen molar-refractivity contribution >= 4 is 5.91 Å². The van der Waals surface area contributed by atoms with E-state index in [2.05, 4.69) is 26.9 Å². The van der Waals surface area contributed by atoms with Crippen molar-refractivity contribution in [3.63, 3.8) is 0 Å². The van der Waals surface area contributed by atoms with E-state index in [4.69, 9.17) is 0 Å². The molecule has 0 saturated carbocycles. The number of hydrogen-bond donors (Lipinski definition) is 1. The van der Waals surface area contributed by atoms with Gasteiger partial charge >= 0.3 is 0 Å². The second-order valence-electron chi connectivity index (χ2n) is 8.14. The van der Waals surface area contributed by atoms with E-state index in [9.17, 15) is 9.90 Å². The Kier molecular flexibility index (Phi) is 6.42. The predicted octanol–water partition coefficient (Wildman–Crippen LogP) is 2.34. The summed E-state index contributed by atoms with van der Waals surface area (Å²) in [5, 5.41) is 9.97. The Bertz CT molecular complexity index is 798. The fourth-order valence-corrected chi connectivity index (χ4v) is 4.35. The van der Waals surface area contributed by atoms with Crippen LogP contribution in [0.15, 0.2) is 48.8 Å². The minimum Gasteiger partial charge on any atom is -0.508 e. The van der Waals surface area contributed by atoms with E-state index >= 15 is 0 Å². The molecular weight excluding hydrogens is 364 g/mol. The minimum absolute atomic E-state index is 0.161. The van der Waals surface area contributed by atoms with E-state index in [1.807, 2.05) is 35.5 Å². The second-order valence-corrected chi connectivity index (χ2v) is 8.14. The number of rotatable bonds is 5. The summed E-state index contributed by atoms with van der Waals surface area (Å²) in [6.45, 7) is 6.92. The van der Waals surface area contributed by atoms with Gasteiger partial charge in [-0.2, -0.15) is 0 Å². The van der Waals surface area contributed by atoms with Gasteiger partial charge in [0, 0.05) is 63.1 Å². The van der Waals surface area contributed by atoms with Crippen molar-refractivity contribution in [2.75, 3.05) is 39.3 Å². The Morgan fingerprint density at radius 2 is 1.55 bits per heavy atom. The maximum Gasteiger partial charge on any atom is 0.225 e. The van der Waals surface area contributed by atoms with Crippen molar-refractivity contribution in [2.24, 2.45) is 5.92 Å². The molecule has 0 bridgehead atoms. The fraction of sp³-hybridized carbons (Fsp3) is 0.478. The Hall–Kier alpha value is -2.44. The molecular formula is C23H30N4O2. The van der Waals surface area contributed by atoms with Crippen molar-refractivity contribution in [3.05, 3.63) is 59.9 Å². The van der Waals surface area contributed by atoms with E-state index in [-0.39, 0.29) is 5.92 Å². The SMILES string of the molecule is O=C(C1CCN(Cc2ccncc2)CC1)N1CCN(Cc2ccccc2O)CC1. The molecule has 1 amide bonds. The molecule has 1 aromatic heterocycles. The van der Waals surface area contributed by atoms with Crippen molar-refractivity contribution < 1.29 is 9.90 Å². The monoisotopic (exact) mass is 394 g/mol. The van der Waals surface area contributed by atoms with Crippen LogP contribution >= 0.6 is 0 Å². The molecule has 29 heavy (non-hydrogen) atoms. The van der Waals surface area contributed by atoms with Gasteiger partial charge in [0.2, 0.25) is 5.91 Å². The highest BCUT2D eigenvalue weighted by Gasteiger charge is 2.30. The number of carbonyl (C=O) groups is 1. The van der Waals surface area contributed by atoms with Gasteiger partial charge in [-0.05, 0) is 49.7 Å². The molecule has 2 fully saturated rings. The lowest BCUT2D eigenvalue weighted by atomic mass is 9.94. The zero-order valence-electron chi connectivity index (χ0n) is 16.9. The molecule has 6 nitrogen and oxygen atoms in total. The summed E-state index contributed by atoms with van der Waals surface area (Å²) >= 11 is 0. The summed E-state index contributed by atoms with van der Waals surface area (Å²) < 4.78 is 0. The first-order valence-electron chi connectivity index (χ1n) is 10.6. The molecule has 1 aromatic carbocycles. The standard InChI is InChI=1S/C23H30N4O2/c28-22-4-2-1-3-21(22)18-26-13-15-27(16-14-26)23(29)20-7-11-25(12-8-20)17-19-5-9-24-10-6-19/h1-6,9-10,20,28H,7-8,11-18H2. The van der Waals surface area contributed by atoms with Crippen LogP contribution in [0.3, 0.4) is 0 Å². The number of para-hydroxylation sites is 1. The van der Waals surface area contributed by atoms with Crippen molar-refractivity contribution in [1.82, 2.24) is 19.7 Å². The van der Waals surface area contributed by atoms with Crippen LogP contribution in [0.4, 0.5) is 0 Å². The molecule has 0 atom stereocenters. The van der Waals surface area contributed by atoms with Gasteiger partial charge in [0.1, 0.15) is 5.75 Å². The number of amides is 1. The van der Waals surface area contributed by atoms with Crippen LogP contribution in [0.25, 0.3) is 0 Å². The quantitative estimate of drug-likeness (QED) is 0.844. The van der Waals surface area contributed by atoms with Crippen LogP contribution < -0.4 is 0 Å². The summed E-state index contributed by atoms with van der Waals surface area (Å²) in [4.78, 5) is 23.8. The van der Waals surface area contributed by atoms with Crippen molar-refractivity contribution in [2.45, 2.75) is 25.9 Å². The van der Waals surface area contributed by atoms with Crippen LogP contribution in [0.2, 0.25) is 0 Å². The summed E-state index contributed by atoms with van der Waals surface area (Å²) in [6, 6.07) is 11.6. The van der Waals surface area contributed by atoms with Crippen molar-refractivity contribution in [1.29, 1.82) is 0 Å². The largest absolute Gasteiger partial charge is 0.508 e. The highest BCUT2D eigenvalue weighted by Crippen LogP contribution is 2.23. The van der Waals surface area contributed by atoms with Crippen LogP contribution in [0, 0.1) is 5.92 Å². The predicted molar refractivity (Wildman–Crippen MR) is 112 cm³/mol. The molecule has 1 N–H and O–H groups in total. The zero-order chi connectivity index (χ0) is 20.1. The lowest BCUT2D eigenvalue weighted by Gasteiger charge is -2.38. The number of nitrogens with zero attached hydrogens (tertiary/aromatic N) is 4. The summed E-state index contributed by atoms with van der Waals surface area (Å²) in [5.74, 6) is 0.841. The van der Waals surface area contributed by atoms with Gasteiger partial charge in [0.25, 0.3) is 0 Å². The first-order chi connectivity index (χ1) is 14.2. The number of piperazine rings is 1. The lowest BCUT2D eigenvalue weighted by Crippen LogP contribution is -2.51. The Balaban J connectivity index is 1.21. The molecule has 0 aliphatic carbocycles. The van der Waals surface area contributed by atoms with E-state index in [0.717, 1.165) is 70.8 Å². The normalized spacial score (nSPS) is 19.4. The first-order valence-corrected chi connectivity index (χ1v) is 10.6. The number of hydrogen-bond acceptors (Lipinski definition) is 5. The third-order valence-corrected chi connectivity index (χ3v) is 6.16. The number of phenolic OH excluding ortho intramolecular Hbond substituents is 1. The molecule has 6 heteroatoms. The van der Waals surface area contributed by atoms with Gasteiger partial charge in [0.05, 0.1) is 0 Å². The van der Waals surface area contributed by atoms with E-state index in [0.29, 0.717) is 11.7 Å². The van der Waals surface area contributed by atoms with E-state index < -0.39 is 0 Å². The smallest absolute Gasteiger partial charge is 0.225 e. The number of likely N-dealkylation sites (tertiary alicyclic amines) is 1. The van der Waals surface area contributed by atoms with Crippen LogP contribution in [0.5, 0.6) is 5.75 Å². The van der Waals surface area contributed by atoms with Gasteiger partial charge < -0.3 is 10.0 Å². The molecule has 0 radical (unpaired) electrons. The number of aromatic nitrogens is 1. The third-order valence-electron chi connectivity index (χ3n) is 6.16. The average molecular weight is 395 g/mol. The second kappa shape index (κ2) is 9.37. The summed E-state index contributed by atoms with van der Waals surface area (Å²) in [7, 11) is 0. The highest BCUT2D eigenvalue weighted by molar-refractivity contribution is 5.79. The highest BCUT2D eigenvalue weighted by atomic mass is 16.3.